The van der Waals surface area contributed by atoms with Gasteiger partial charge in [-0.15, -0.1) is 11.8 Å². The summed E-state index contributed by atoms with van der Waals surface area (Å²) in [5.74, 6) is 7.25. The topological polar surface area (TPSA) is 26.0 Å². The lowest BCUT2D eigenvalue weighted by Gasteiger charge is -2.25. The van der Waals surface area contributed by atoms with E-state index in [1.807, 2.05) is 18.7 Å². The van der Waals surface area contributed by atoms with Crippen LogP contribution in [0.25, 0.3) is 0 Å². The zero-order valence-electron chi connectivity index (χ0n) is 7.68. The second-order valence-electron chi connectivity index (χ2n) is 3.20. The minimum atomic E-state index is 0.294. The molecule has 0 amide bonds. The van der Waals surface area contributed by atoms with Crippen molar-refractivity contribution < 1.29 is 0 Å². The average Bonchev–Trinajstić information content (AvgIpc) is 2.15. The maximum Gasteiger partial charge on any atom is 0.0270 e. The maximum atomic E-state index is 6.01. The Bertz CT molecular complexity index is 174. The van der Waals surface area contributed by atoms with Gasteiger partial charge in [-0.05, 0) is 25.5 Å². The third-order valence-corrected chi connectivity index (χ3v) is 3.74. The van der Waals surface area contributed by atoms with Crippen molar-refractivity contribution in [3.63, 3.8) is 0 Å². The minimum absolute atomic E-state index is 0.294. The van der Waals surface area contributed by atoms with Gasteiger partial charge in [-0.2, -0.15) is 11.8 Å². The molecule has 0 aromatic carbocycles. The van der Waals surface area contributed by atoms with Crippen molar-refractivity contribution in [3.8, 4) is 11.8 Å². The first-order valence-corrected chi connectivity index (χ1v) is 5.66. The van der Waals surface area contributed by atoms with Crippen molar-refractivity contribution in [2.45, 2.75) is 43.9 Å². The van der Waals surface area contributed by atoms with Gasteiger partial charge in [-0.1, -0.05) is 6.42 Å². The summed E-state index contributed by atoms with van der Waals surface area (Å²) >= 11 is 2.03. The standard InChI is InChI=1S/C10H17NS/c1-2-3-6-9(11)10-7-4-5-8-12-10/h9-10H,4-8,11H2,1H3. The van der Waals surface area contributed by atoms with Gasteiger partial charge in [0, 0.05) is 17.7 Å². The van der Waals surface area contributed by atoms with Gasteiger partial charge in [0.2, 0.25) is 0 Å². The fourth-order valence-corrected chi connectivity index (χ4v) is 2.80. The van der Waals surface area contributed by atoms with Crippen molar-refractivity contribution in [1.29, 1.82) is 0 Å². The third-order valence-electron chi connectivity index (χ3n) is 2.21. The lowest BCUT2D eigenvalue weighted by molar-refractivity contribution is 0.570. The lowest BCUT2D eigenvalue weighted by atomic mass is 10.1. The van der Waals surface area contributed by atoms with Gasteiger partial charge in [0.15, 0.2) is 0 Å². The highest BCUT2D eigenvalue weighted by Gasteiger charge is 2.19. The third kappa shape index (κ3) is 3.08. The molecule has 2 heteroatoms. The Morgan fingerprint density at radius 1 is 1.58 bits per heavy atom. The second-order valence-corrected chi connectivity index (χ2v) is 4.55. The average molecular weight is 183 g/mol. The highest BCUT2D eigenvalue weighted by atomic mass is 32.2. The largest absolute Gasteiger partial charge is 0.326 e. The van der Waals surface area contributed by atoms with Gasteiger partial charge in [0.05, 0.1) is 0 Å². The molecule has 0 aliphatic carbocycles. The molecule has 68 valence electrons. The highest BCUT2D eigenvalue weighted by molar-refractivity contribution is 8.00. The van der Waals surface area contributed by atoms with E-state index >= 15 is 0 Å². The molecule has 0 bridgehead atoms. The number of nitrogens with two attached hydrogens (primary N) is 1. The van der Waals surface area contributed by atoms with Crippen LogP contribution in [0.1, 0.15) is 32.6 Å². The van der Waals surface area contributed by atoms with Crippen LogP contribution in [0.4, 0.5) is 0 Å². The van der Waals surface area contributed by atoms with Gasteiger partial charge in [-0.3, -0.25) is 0 Å². The Hall–Kier alpha value is -0.130. The van der Waals surface area contributed by atoms with E-state index in [-0.39, 0.29) is 0 Å². The van der Waals surface area contributed by atoms with Gasteiger partial charge in [0.1, 0.15) is 0 Å². The van der Waals surface area contributed by atoms with E-state index in [1.54, 1.807) is 0 Å². The summed E-state index contributed by atoms with van der Waals surface area (Å²) in [4.78, 5) is 0. The second kappa shape index (κ2) is 5.50. The summed E-state index contributed by atoms with van der Waals surface area (Å²) in [6.07, 6.45) is 4.88. The lowest BCUT2D eigenvalue weighted by Crippen LogP contribution is -2.33. The molecule has 1 aliphatic heterocycles. The summed E-state index contributed by atoms with van der Waals surface area (Å²) in [5.41, 5.74) is 6.01. The number of thioether (sulfide) groups is 1. The van der Waals surface area contributed by atoms with E-state index in [2.05, 4.69) is 11.8 Å². The Balaban J connectivity index is 2.27. The SMILES string of the molecule is CC#CCC(N)C1CCCCS1. The molecule has 2 atom stereocenters. The van der Waals surface area contributed by atoms with Crippen LogP contribution in [0.2, 0.25) is 0 Å². The predicted octanol–water partition coefficient (Wildman–Crippen LogP) is 2.01. The molecular formula is C10H17NS. The molecule has 0 spiro atoms. The number of hydrogen-bond acceptors (Lipinski definition) is 2. The van der Waals surface area contributed by atoms with E-state index in [0.717, 1.165) is 6.42 Å². The van der Waals surface area contributed by atoms with Gasteiger partial charge in [-0.25, -0.2) is 0 Å². The molecule has 1 saturated heterocycles. The van der Waals surface area contributed by atoms with Crippen molar-refractivity contribution in [2.24, 2.45) is 5.73 Å². The Labute approximate surface area is 79.5 Å². The Kier molecular flexibility index (Phi) is 4.57. The van der Waals surface area contributed by atoms with Crippen LogP contribution < -0.4 is 5.73 Å². The van der Waals surface area contributed by atoms with Crippen LogP contribution in [0, 0.1) is 11.8 Å². The molecule has 1 heterocycles. The van der Waals surface area contributed by atoms with Crippen LogP contribution in [-0.2, 0) is 0 Å². The van der Waals surface area contributed by atoms with E-state index in [0.29, 0.717) is 11.3 Å². The van der Waals surface area contributed by atoms with Crippen LogP contribution in [0.5, 0.6) is 0 Å². The van der Waals surface area contributed by atoms with Crippen molar-refractivity contribution >= 4 is 11.8 Å². The molecule has 0 aromatic heterocycles. The summed E-state index contributed by atoms with van der Waals surface area (Å²) in [7, 11) is 0. The van der Waals surface area contributed by atoms with Crippen LogP contribution in [-0.4, -0.2) is 17.0 Å². The molecular weight excluding hydrogens is 166 g/mol. The maximum absolute atomic E-state index is 6.01. The number of rotatable bonds is 2. The smallest absolute Gasteiger partial charge is 0.0270 e. The molecule has 0 aromatic rings. The normalized spacial score (nSPS) is 25.7. The molecule has 0 radical (unpaired) electrons. The summed E-state index contributed by atoms with van der Waals surface area (Å²) in [6, 6.07) is 0.294. The predicted molar refractivity (Wildman–Crippen MR) is 56.1 cm³/mol. The zero-order valence-corrected chi connectivity index (χ0v) is 8.49. The first kappa shape index (κ1) is 9.95. The first-order valence-electron chi connectivity index (χ1n) is 4.61. The van der Waals surface area contributed by atoms with Crippen molar-refractivity contribution in [2.75, 3.05) is 5.75 Å². The molecule has 1 rings (SSSR count). The quantitative estimate of drug-likeness (QED) is 0.663. The van der Waals surface area contributed by atoms with Gasteiger partial charge >= 0.3 is 0 Å². The van der Waals surface area contributed by atoms with Crippen molar-refractivity contribution in [3.05, 3.63) is 0 Å². The molecule has 12 heavy (non-hydrogen) atoms. The van der Waals surface area contributed by atoms with Crippen LogP contribution in [0.3, 0.4) is 0 Å². The molecule has 1 fully saturated rings. The summed E-state index contributed by atoms with van der Waals surface area (Å²) in [6.45, 7) is 1.88. The molecule has 0 saturated carbocycles. The summed E-state index contributed by atoms with van der Waals surface area (Å²) < 4.78 is 0. The summed E-state index contributed by atoms with van der Waals surface area (Å²) in [5, 5.41) is 0.666. The Morgan fingerprint density at radius 3 is 3.00 bits per heavy atom. The fraction of sp³-hybridized carbons (Fsp3) is 0.800. The monoisotopic (exact) mass is 183 g/mol. The van der Waals surface area contributed by atoms with E-state index in [9.17, 15) is 0 Å². The zero-order chi connectivity index (χ0) is 8.81. The van der Waals surface area contributed by atoms with E-state index in [4.69, 9.17) is 5.73 Å². The molecule has 2 N–H and O–H groups in total. The van der Waals surface area contributed by atoms with Crippen LogP contribution >= 0.6 is 11.8 Å². The number of hydrogen-bond donors (Lipinski definition) is 1. The molecule has 1 nitrogen and oxygen atoms in total. The van der Waals surface area contributed by atoms with E-state index < -0.39 is 0 Å². The highest BCUT2D eigenvalue weighted by Crippen LogP contribution is 2.27. The minimum Gasteiger partial charge on any atom is -0.326 e. The van der Waals surface area contributed by atoms with Gasteiger partial charge in [0.25, 0.3) is 0 Å². The van der Waals surface area contributed by atoms with E-state index in [1.165, 1.54) is 25.0 Å². The van der Waals surface area contributed by atoms with Crippen molar-refractivity contribution in [1.82, 2.24) is 0 Å². The van der Waals surface area contributed by atoms with Gasteiger partial charge < -0.3 is 5.73 Å². The molecule has 2 unspecified atom stereocenters. The Morgan fingerprint density at radius 2 is 2.42 bits per heavy atom. The molecule has 1 aliphatic rings. The first-order chi connectivity index (χ1) is 5.84. The fourth-order valence-electron chi connectivity index (χ4n) is 1.45. The van der Waals surface area contributed by atoms with Crippen LogP contribution in [0.15, 0.2) is 0 Å².